The fraction of sp³-hybridized carbons (Fsp3) is 0.118. The first-order valence-electron chi connectivity index (χ1n) is 7.15. The Morgan fingerprint density at radius 2 is 1.91 bits per heavy atom. The monoisotopic (exact) mass is 324 g/mol. The maximum absolute atomic E-state index is 5.78. The first kappa shape index (κ1) is 15.2. The van der Waals surface area contributed by atoms with Gasteiger partial charge in [0.2, 0.25) is 4.77 Å². The second kappa shape index (κ2) is 7.02. The molecule has 116 valence electrons. The predicted octanol–water partition coefficient (Wildman–Crippen LogP) is 3.71. The molecule has 1 N–H and O–H groups in total. The van der Waals surface area contributed by atoms with Crippen LogP contribution >= 0.6 is 12.2 Å². The lowest BCUT2D eigenvalue weighted by Gasteiger charge is -2.06. The minimum atomic E-state index is 0.458. The van der Waals surface area contributed by atoms with Gasteiger partial charge in [0, 0.05) is 0 Å². The van der Waals surface area contributed by atoms with Gasteiger partial charge in [0.1, 0.15) is 18.7 Å². The van der Waals surface area contributed by atoms with Gasteiger partial charge >= 0.3 is 0 Å². The van der Waals surface area contributed by atoms with E-state index >= 15 is 0 Å². The number of aromatic nitrogens is 3. The number of aryl methyl sites for hydroxylation is 1. The number of hydrogen-bond donors (Lipinski definition) is 1. The summed E-state index contributed by atoms with van der Waals surface area (Å²) in [7, 11) is 0. The average molecular weight is 324 g/mol. The fourth-order valence-electron chi connectivity index (χ4n) is 1.95. The Morgan fingerprint density at radius 1 is 1.17 bits per heavy atom. The molecule has 0 radical (unpaired) electrons. The van der Waals surface area contributed by atoms with Crippen molar-refractivity contribution < 1.29 is 4.74 Å². The van der Waals surface area contributed by atoms with Gasteiger partial charge in [0.05, 0.1) is 6.21 Å². The van der Waals surface area contributed by atoms with Gasteiger partial charge in [-0.15, -0.1) is 0 Å². The van der Waals surface area contributed by atoms with Crippen LogP contribution in [0.3, 0.4) is 0 Å². The largest absolute Gasteiger partial charge is 0.489 e. The highest BCUT2D eigenvalue weighted by Crippen LogP contribution is 2.14. The summed E-state index contributed by atoms with van der Waals surface area (Å²) in [6.45, 7) is 2.62. The molecular formula is C17H16N4OS. The summed E-state index contributed by atoms with van der Waals surface area (Å²) in [5, 5.41) is 10.7. The molecule has 0 saturated heterocycles. The van der Waals surface area contributed by atoms with Crippen molar-refractivity contribution in [2.45, 2.75) is 13.5 Å². The molecule has 2 aromatic carbocycles. The lowest BCUT2D eigenvalue weighted by atomic mass is 10.2. The van der Waals surface area contributed by atoms with Gasteiger partial charge in [-0.25, -0.2) is 0 Å². The molecule has 0 aliphatic rings. The lowest BCUT2D eigenvalue weighted by Crippen LogP contribution is -1.95. The Labute approximate surface area is 139 Å². The van der Waals surface area contributed by atoms with Crippen LogP contribution in [0.25, 0.3) is 0 Å². The van der Waals surface area contributed by atoms with Crippen molar-refractivity contribution in [2.75, 3.05) is 0 Å². The molecule has 1 heterocycles. The zero-order chi connectivity index (χ0) is 16.1. The maximum atomic E-state index is 5.78. The van der Waals surface area contributed by atoms with Crippen molar-refractivity contribution in [1.29, 1.82) is 0 Å². The third kappa shape index (κ3) is 4.14. The highest BCUT2D eigenvalue weighted by atomic mass is 32.1. The average Bonchev–Trinajstić information content (AvgIpc) is 2.98. The van der Waals surface area contributed by atoms with Gasteiger partial charge in [-0.1, -0.05) is 29.8 Å². The van der Waals surface area contributed by atoms with E-state index in [2.05, 4.69) is 46.5 Å². The minimum absolute atomic E-state index is 0.458. The molecule has 0 aliphatic heterocycles. The molecule has 0 spiro atoms. The van der Waals surface area contributed by atoms with Crippen LogP contribution in [0.15, 0.2) is 60.0 Å². The molecule has 5 nitrogen and oxygen atoms in total. The van der Waals surface area contributed by atoms with Crippen LogP contribution in [-0.4, -0.2) is 21.1 Å². The first-order valence-corrected chi connectivity index (χ1v) is 7.56. The van der Waals surface area contributed by atoms with Gasteiger partial charge < -0.3 is 4.74 Å². The smallest absolute Gasteiger partial charge is 0.216 e. The lowest BCUT2D eigenvalue weighted by molar-refractivity contribution is 0.306. The molecule has 0 atom stereocenters. The highest BCUT2D eigenvalue weighted by Gasteiger charge is 1.97. The second-order valence-electron chi connectivity index (χ2n) is 5.09. The van der Waals surface area contributed by atoms with E-state index in [1.807, 2.05) is 24.3 Å². The van der Waals surface area contributed by atoms with E-state index in [4.69, 9.17) is 17.0 Å². The van der Waals surface area contributed by atoms with Gasteiger partial charge in [-0.2, -0.15) is 14.9 Å². The van der Waals surface area contributed by atoms with E-state index < -0.39 is 0 Å². The molecule has 0 fully saturated rings. The van der Waals surface area contributed by atoms with Crippen LogP contribution in [0.2, 0.25) is 0 Å². The molecule has 0 amide bonds. The minimum Gasteiger partial charge on any atom is -0.489 e. The SMILES string of the molecule is Cc1ccc(COc2ccc(/C=N/n3cn[nH]c3=S)cc2)cc1. The van der Waals surface area contributed by atoms with E-state index in [0.717, 1.165) is 16.9 Å². The Hall–Kier alpha value is -2.73. The van der Waals surface area contributed by atoms with E-state index in [1.54, 1.807) is 6.21 Å². The highest BCUT2D eigenvalue weighted by molar-refractivity contribution is 7.71. The van der Waals surface area contributed by atoms with Crippen molar-refractivity contribution in [3.63, 3.8) is 0 Å². The fourth-order valence-corrected chi connectivity index (χ4v) is 2.10. The summed E-state index contributed by atoms with van der Waals surface area (Å²) in [6.07, 6.45) is 3.24. The molecule has 6 heteroatoms. The number of nitrogens with one attached hydrogen (secondary N) is 1. The number of rotatable bonds is 5. The third-order valence-electron chi connectivity index (χ3n) is 3.27. The quantitative estimate of drug-likeness (QED) is 0.575. The normalized spacial score (nSPS) is 11.0. The summed E-state index contributed by atoms with van der Waals surface area (Å²) < 4.78 is 7.73. The van der Waals surface area contributed by atoms with Gasteiger partial charge in [-0.05, 0) is 54.5 Å². The van der Waals surface area contributed by atoms with E-state index in [9.17, 15) is 0 Å². The molecule has 0 unspecified atom stereocenters. The number of H-pyrrole nitrogens is 1. The molecule has 23 heavy (non-hydrogen) atoms. The van der Waals surface area contributed by atoms with Gasteiger partial charge in [-0.3, -0.25) is 5.10 Å². The molecule has 0 saturated carbocycles. The summed E-state index contributed by atoms with van der Waals surface area (Å²) in [4.78, 5) is 0. The van der Waals surface area contributed by atoms with Crippen LogP contribution in [0.4, 0.5) is 0 Å². The van der Waals surface area contributed by atoms with Crippen LogP contribution in [0.5, 0.6) is 5.75 Å². The summed E-state index contributed by atoms with van der Waals surface area (Å²) in [5.41, 5.74) is 3.35. The number of ether oxygens (including phenoxy) is 1. The van der Waals surface area contributed by atoms with Crippen LogP contribution < -0.4 is 4.74 Å². The summed E-state index contributed by atoms with van der Waals surface area (Å²) >= 11 is 5.02. The predicted molar refractivity (Wildman–Crippen MR) is 92.4 cm³/mol. The van der Waals surface area contributed by atoms with Crippen molar-refractivity contribution in [2.24, 2.45) is 5.10 Å². The number of nitrogens with zero attached hydrogens (tertiary/aromatic N) is 3. The zero-order valence-electron chi connectivity index (χ0n) is 12.6. The molecule has 0 aliphatic carbocycles. The molecule has 3 aromatic rings. The molecular weight excluding hydrogens is 308 g/mol. The van der Waals surface area contributed by atoms with Crippen molar-refractivity contribution in [3.05, 3.63) is 76.3 Å². The molecule has 0 bridgehead atoms. The van der Waals surface area contributed by atoms with Gasteiger partial charge in [0.25, 0.3) is 0 Å². The van der Waals surface area contributed by atoms with Crippen molar-refractivity contribution in [1.82, 2.24) is 14.9 Å². The number of benzene rings is 2. The molecule has 1 aromatic heterocycles. The van der Waals surface area contributed by atoms with Crippen molar-refractivity contribution >= 4 is 18.4 Å². The Bertz CT molecular complexity index is 847. The third-order valence-corrected chi connectivity index (χ3v) is 3.55. The standard InChI is InChI=1S/C17H16N4OS/c1-13-2-4-15(5-3-13)11-22-16-8-6-14(7-9-16)10-19-21-12-18-20-17(21)23/h2-10,12H,11H2,1H3,(H,20,23)/b19-10+. The number of hydrogen-bond acceptors (Lipinski definition) is 4. The van der Waals surface area contributed by atoms with E-state index in [-0.39, 0.29) is 0 Å². The first-order chi connectivity index (χ1) is 11.2. The van der Waals surface area contributed by atoms with E-state index in [1.165, 1.54) is 16.6 Å². The summed E-state index contributed by atoms with van der Waals surface area (Å²) in [5.74, 6) is 0.822. The van der Waals surface area contributed by atoms with Crippen LogP contribution in [0.1, 0.15) is 16.7 Å². The topological polar surface area (TPSA) is 55.2 Å². The van der Waals surface area contributed by atoms with Crippen LogP contribution in [-0.2, 0) is 6.61 Å². The zero-order valence-corrected chi connectivity index (χ0v) is 13.5. The summed E-state index contributed by atoms with van der Waals surface area (Å²) in [6, 6.07) is 16.0. The Balaban J connectivity index is 1.60. The second-order valence-corrected chi connectivity index (χ2v) is 5.48. The van der Waals surface area contributed by atoms with E-state index in [0.29, 0.717) is 11.4 Å². The maximum Gasteiger partial charge on any atom is 0.216 e. The van der Waals surface area contributed by atoms with Crippen LogP contribution in [0, 0.1) is 11.7 Å². The Morgan fingerprint density at radius 3 is 2.57 bits per heavy atom. The molecule has 3 rings (SSSR count). The Kier molecular flexibility index (Phi) is 4.63. The number of aromatic amines is 1. The van der Waals surface area contributed by atoms with Gasteiger partial charge in [0.15, 0.2) is 0 Å². The van der Waals surface area contributed by atoms with Crippen molar-refractivity contribution in [3.8, 4) is 5.75 Å².